The van der Waals surface area contributed by atoms with Crippen molar-refractivity contribution in [3.05, 3.63) is 56.3 Å². The molecule has 0 aliphatic rings. The molecular formula is C14H12N2O5S. The highest BCUT2D eigenvalue weighted by atomic mass is 32.1. The second-order valence-corrected chi connectivity index (χ2v) is 5.60. The highest BCUT2D eigenvalue weighted by Crippen LogP contribution is 2.23. The third-order valence-corrected chi connectivity index (χ3v) is 3.63. The first kappa shape index (κ1) is 15.6. The first-order chi connectivity index (χ1) is 10.5. The molecule has 0 bridgehead atoms. The molecule has 1 amide bonds. The average Bonchev–Trinajstić information content (AvgIpc) is 2.92. The molecule has 0 aliphatic heterocycles. The number of ether oxygens (including phenoxy) is 1. The molecule has 1 heterocycles. The quantitative estimate of drug-likeness (QED) is 0.519. The summed E-state index contributed by atoms with van der Waals surface area (Å²) < 4.78 is 4.87. The Morgan fingerprint density at radius 1 is 1.27 bits per heavy atom. The Balaban J connectivity index is 1.94. The van der Waals surface area contributed by atoms with Gasteiger partial charge >= 0.3 is 5.97 Å². The van der Waals surface area contributed by atoms with Crippen molar-refractivity contribution < 1.29 is 19.2 Å². The molecule has 7 nitrogen and oxygen atoms in total. The van der Waals surface area contributed by atoms with Crippen LogP contribution in [0.3, 0.4) is 0 Å². The zero-order valence-corrected chi connectivity index (χ0v) is 12.4. The van der Waals surface area contributed by atoms with Crippen LogP contribution in [0.1, 0.15) is 14.5 Å². The largest absolute Gasteiger partial charge is 0.451 e. The van der Waals surface area contributed by atoms with Crippen molar-refractivity contribution in [3.8, 4) is 0 Å². The summed E-state index contributed by atoms with van der Waals surface area (Å²) in [7, 11) is 0. The number of nitro benzene ring substituents is 1. The number of esters is 1. The molecule has 0 unspecified atom stereocenters. The molecule has 0 saturated carbocycles. The number of nitrogens with zero attached hydrogens (tertiary/aromatic N) is 1. The molecule has 1 N–H and O–H groups in total. The van der Waals surface area contributed by atoms with E-state index in [0.29, 0.717) is 4.88 Å². The second kappa shape index (κ2) is 6.81. The Morgan fingerprint density at radius 2 is 2.00 bits per heavy atom. The van der Waals surface area contributed by atoms with Crippen LogP contribution in [0, 0.1) is 17.0 Å². The van der Waals surface area contributed by atoms with Gasteiger partial charge in [-0.05, 0) is 25.1 Å². The van der Waals surface area contributed by atoms with Crippen molar-refractivity contribution in [1.82, 2.24) is 0 Å². The molecule has 8 heteroatoms. The molecular weight excluding hydrogens is 308 g/mol. The highest BCUT2D eigenvalue weighted by molar-refractivity contribution is 7.13. The summed E-state index contributed by atoms with van der Waals surface area (Å²) in [6.07, 6.45) is 0. The summed E-state index contributed by atoms with van der Waals surface area (Å²) in [5, 5.41) is 13.2. The molecule has 0 saturated heterocycles. The summed E-state index contributed by atoms with van der Waals surface area (Å²) in [6, 6.07) is 9.11. The van der Waals surface area contributed by atoms with Gasteiger partial charge in [0.25, 0.3) is 11.6 Å². The van der Waals surface area contributed by atoms with Gasteiger partial charge in [-0.2, -0.15) is 0 Å². The summed E-state index contributed by atoms with van der Waals surface area (Å²) in [5.41, 5.74) is -0.170. The van der Waals surface area contributed by atoms with Crippen molar-refractivity contribution in [2.75, 3.05) is 11.9 Å². The number of rotatable bonds is 5. The standard InChI is InChI=1S/C14H12N2O5S/c1-9-6-7-12(22-9)14(18)21-8-13(17)15-10-4-2-3-5-11(10)16(19)20/h2-7H,8H2,1H3,(H,15,17). The number of amides is 1. The molecule has 0 fully saturated rings. The van der Waals surface area contributed by atoms with E-state index in [1.807, 2.05) is 6.92 Å². The number of hydrogen-bond acceptors (Lipinski definition) is 6. The minimum absolute atomic E-state index is 0.0560. The smallest absolute Gasteiger partial charge is 0.348 e. The lowest BCUT2D eigenvalue weighted by Gasteiger charge is -2.06. The van der Waals surface area contributed by atoms with Gasteiger partial charge in [0, 0.05) is 10.9 Å². The molecule has 0 aliphatic carbocycles. The van der Waals surface area contributed by atoms with Gasteiger partial charge in [-0.1, -0.05) is 12.1 Å². The molecule has 0 atom stereocenters. The maximum absolute atomic E-state index is 11.7. The topological polar surface area (TPSA) is 98.5 Å². The number of hydrogen-bond donors (Lipinski definition) is 1. The summed E-state index contributed by atoms with van der Waals surface area (Å²) in [6.45, 7) is 1.34. The van der Waals surface area contributed by atoms with Crippen molar-refractivity contribution >= 4 is 34.6 Å². The third-order valence-electron chi connectivity index (χ3n) is 2.65. The predicted molar refractivity (Wildman–Crippen MR) is 81.1 cm³/mol. The van der Waals surface area contributed by atoms with Gasteiger partial charge in [-0.15, -0.1) is 11.3 Å². The number of carbonyl (C=O) groups excluding carboxylic acids is 2. The van der Waals surface area contributed by atoms with Gasteiger partial charge < -0.3 is 10.1 Å². The molecule has 2 aromatic rings. The van der Waals surface area contributed by atoms with E-state index in [-0.39, 0.29) is 11.4 Å². The lowest BCUT2D eigenvalue weighted by Crippen LogP contribution is -2.21. The molecule has 2 rings (SSSR count). The number of benzene rings is 1. The van der Waals surface area contributed by atoms with Crippen molar-refractivity contribution in [2.24, 2.45) is 0 Å². The van der Waals surface area contributed by atoms with E-state index in [4.69, 9.17) is 4.74 Å². The maximum Gasteiger partial charge on any atom is 0.348 e. The number of nitro groups is 1. The van der Waals surface area contributed by atoms with Gasteiger partial charge in [-0.25, -0.2) is 4.79 Å². The van der Waals surface area contributed by atoms with Crippen molar-refractivity contribution in [1.29, 1.82) is 0 Å². The SMILES string of the molecule is Cc1ccc(C(=O)OCC(=O)Nc2ccccc2[N+](=O)[O-])s1. The van der Waals surface area contributed by atoms with Gasteiger partial charge in [-0.3, -0.25) is 14.9 Å². The molecule has 0 radical (unpaired) electrons. The van der Waals surface area contributed by atoms with Crippen LogP contribution in [0.5, 0.6) is 0 Å². The molecule has 1 aromatic carbocycles. The Bertz CT molecular complexity index is 726. The fourth-order valence-electron chi connectivity index (χ4n) is 1.67. The molecule has 22 heavy (non-hydrogen) atoms. The van der Waals surface area contributed by atoms with Gasteiger partial charge in [0.2, 0.25) is 0 Å². The number of anilines is 1. The second-order valence-electron chi connectivity index (χ2n) is 4.31. The lowest BCUT2D eigenvalue weighted by atomic mass is 10.2. The first-order valence-corrected chi connectivity index (χ1v) is 7.06. The fraction of sp³-hybridized carbons (Fsp3) is 0.143. The van der Waals surface area contributed by atoms with E-state index in [1.165, 1.54) is 29.5 Å². The van der Waals surface area contributed by atoms with E-state index in [0.717, 1.165) is 4.88 Å². The van der Waals surface area contributed by atoms with Crippen molar-refractivity contribution in [3.63, 3.8) is 0 Å². The zero-order valence-electron chi connectivity index (χ0n) is 11.6. The number of para-hydroxylation sites is 2. The van der Waals surface area contributed by atoms with E-state index < -0.39 is 23.4 Å². The van der Waals surface area contributed by atoms with Crippen LogP contribution >= 0.6 is 11.3 Å². The van der Waals surface area contributed by atoms with Gasteiger partial charge in [0.05, 0.1) is 4.92 Å². The Morgan fingerprint density at radius 3 is 2.64 bits per heavy atom. The average molecular weight is 320 g/mol. The van der Waals surface area contributed by atoms with Crippen LogP contribution < -0.4 is 5.32 Å². The molecule has 0 spiro atoms. The zero-order chi connectivity index (χ0) is 16.1. The van der Waals surface area contributed by atoms with Crippen molar-refractivity contribution in [2.45, 2.75) is 6.92 Å². The highest BCUT2D eigenvalue weighted by Gasteiger charge is 2.16. The first-order valence-electron chi connectivity index (χ1n) is 6.24. The predicted octanol–water partition coefficient (Wildman–Crippen LogP) is 2.76. The number of nitrogens with one attached hydrogen (secondary N) is 1. The summed E-state index contributed by atoms with van der Waals surface area (Å²) in [5.74, 6) is -1.24. The van der Waals surface area contributed by atoms with Crippen LogP contribution in [0.25, 0.3) is 0 Å². The minimum Gasteiger partial charge on any atom is -0.451 e. The molecule has 114 valence electrons. The molecule has 1 aromatic heterocycles. The third kappa shape index (κ3) is 3.89. The van der Waals surface area contributed by atoms with Crippen LogP contribution in [-0.2, 0) is 9.53 Å². The van der Waals surface area contributed by atoms with Crippen LogP contribution in [-0.4, -0.2) is 23.4 Å². The maximum atomic E-state index is 11.7. The number of aryl methyl sites for hydroxylation is 1. The van der Waals surface area contributed by atoms with E-state index in [9.17, 15) is 19.7 Å². The van der Waals surface area contributed by atoms with Crippen LogP contribution in [0.15, 0.2) is 36.4 Å². The summed E-state index contributed by atoms with van der Waals surface area (Å²) in [4.78, 5) is 35.0. The fourth-order valence-corrected chi connectivity index (χ4v) is 2.43. The van der Waals surface area contributed by atoms with E-state index >= 15 is 0 Å². The monoisotopic (exact) mass is 320 g/mol. The number of carbonyl (C=O) groups is 2. The normalized spacial score (nSPS) is 10.0. The Hall–Kier alpha value is -2.74. The van der Waals surface area contributed by atoms with Crippen LogP contribution in [0.2, 0.25) is 0 Å². The number of thiophene rings is 1. The minimum atomic E-state index is -0.643. The summed E-state index contributed by atoms with van der Waals surface area (Å²) >= 11 is 1.26. The van der Waals surface area contributed by atoms with Gasteiger partial charge in [0.1, 0.15) is 10.6 Å². The lowest BCUT2D eigenvalue weighted by molar-refractivity contribution is -0.383. The Labute approximate surface area is 129 Å². The van der Waals surface area contributed by atoms with Gasteiger partial charge in [0.15, 0.2) is 6.61 Å². The van der Waals surface area contributed by atoms with E-state index in [1.54, 1.807) is 18.2 Å². The van der Waals surface area contributed by atoms with Crippen LogP contribution in [0.4, 0.5) is 11.4 Å². The van der Waals surface area contributed by atoms with E-state index in [2.05, 4.69) is 5.32 Å². The Kier molecular flexibility index (Phi) is 4.84.